The Morgan fingerprint density at radius 1 is 1.35 bits per heavy atom. The van der Waals surface area contributed by atoms with Gasteiger partial charge in [0, 0.05) is 12.6 Å². The van der Waals surface area contributed by atoms with Crippen molar-refractivity contribution in [2.45, 2.75) is 39.2 Å². The minimum absolute atomic E-state index is 0.560. The summed E-state index contributed by atoms with van der Waals surface area (Å²) >= 11 is 0. The molecule has 0 spiro atoms. The summed E-state index contributed by atoms with van der Waals surface area (Å²) in [5, 5.41) is 7.06. The predicted molar refractivity (Wildman–Crippen MR) is 73.0 cm³/mol. The first kappa shape index (κ1) is 12.1. The highest BCUT2D eigenvalue weighted by atomic mass is 16.5. The molecule has 1 aliphatic heterocycles. The topological polar surface area (TPSA) is 33.3 Å². The molecule has 0 aliphatic carbocycles. The van der Waals surface area contributed by atoms with Crippen LogP contribution in [0.3, 0.4) is 0 Å². The number of hydrogen-bond donors (Lipinski definition) is 2. The van der Waals surface area contributed by atoms with E-state index in [2.05, 4.69) is 36.6 Å². The number of ether oxygens (including phenoxy) is 1. The van der Waals surface area contributed by atoms with Crippen LogP contribution in [0.2, 0.25) is 0 Å². The summed E-state index contributed by atoms with van der Waals surface area (Å²) in [7, 11) is 0. The van der Waals surface area contributed by atoms with Crippen molar-refractivity contribution in [3.8, 4) is 5.75 Å². The number of hydrogen-bond acceptors (Lipinski definition) is 3. The molecular formula is C14H22N2O. The molecular weight excluding hydrogens is 212 g/mol. The maximum absolute atomic E-state index is 5.78. The van der Waals surface area contributed by atoms with Gasteiger partial charge in [-0.3, -0.25) is 0 Å². The molecule has 1 unspecified atom stereocenters. The van der Waals surface area contributed by atoms with E-state index >= 15 is 0 Å². The zero-order valence-corrected chi connectivity index (χ0v) is 10.8. The van der Waals surface area contributed by atoms with Gasteiger partial charge in [0.25, 0.3) is 0 Å². The zero-order chi connectivity index (χ0) is 12.1. The zero-order valence-electron chi connectivity index (χ0n) is 10.8. The Morgan fingerprint density at radius 2 is 2.24 bits per heavy atom. The van der Waals surface area contributed by atoms with Gasteiger partial charge in [0.1, 0.15) is 11.4 Å². The van der Waals surface area contributed by atoms with Gasteiger partial charge in [0.2, 0.25) is 0 Å². The Morgan fingerprint density at radius 3 is 3.00 bits per heavy atom. The maximum atomic E-state index is 5.78. The molecule has 0 fully saturated rings. The number of nitrogens with one attached hydrogen (secondary N) is 2. The lowest BCUT2D eigenvalue weighted by atomic mass is 10.1. The van der Waals surface area contributed by atoms with Gasteiger partial charge in [0.15, 0.2) is 0 Å². The molecule has 0 bridgehead atoms. The smallest absolute Gasteiger partial charge is 0.144 e. The van der Waals surface area contributed by atoms with Crippen molar-refractivity contribution < 1.29 is 4.74 Å². The van der Waals surface area contributed by atoms with E-state index in [1.807, 2.05) is 6.07 Å². The molecule has 1 atom stereocenters. The fraction of sp³-hybridized carbons (Fsp3) is 0.571. The third kappa shape index (κ3) is 2.84. The molecule has 3 heteroatoms. The van der Waals surface area contributed by atoms with Gasteiger partial charge in [-0.2, -0.15) is 0 Å². The van der Waals surface area contributed by atoms with Gasteiger partial charge in [-0.25, -0.2) is 0 Å². The number of anilines is 2. The van der Waals surface area contributed by atoms with Crippen LogP contribution >= 0.6 is 0 Å². The maximum Gasteiger partial charge on any atom is 0.144 e. The van der Waals surface area contributed by atoms with Gasteiger partial charge in [-0.1, -0.05) is 19.9 Å². The molecule has 1 aromatic rings. The molecule has 0 radical (unpaired) electrons. The highest BCUT2D eigenvalue weighted by Crippen LogP contribution is 2.35. The lowest BCUT2D eigenvalue weighted by Crippen LogP contribution is -2.18. The third-order valence-electron chi connectivity index (χ3n) is 3.13. The summed E-state index contributed by atoms with van der Waals surface area (Å²) in [6, 6.07) is 6.77. The average Bonchev–Trinajstić information content (AvgIpc) is 2.58. The second-order valence-corrected chi connectivity index (χ2v) is 4.49. The molecule has 94 valence electrons. The summed E-state index contributed by atoms with van der Waals surface area (Å²) < 4.78 is 5.78. The van der Waals surface area contributed by atoms with Crippen LogP contribution in [0.25, 0.3) is 0 Å². The van der Waals surface area contributed by atoms with Crippen molar-refractivity contribution in [1.29, 1.82) is 0 Å². The van der Waals surface area contributed by atoms with Crippen LogP contribution < -0.4 is 15.4 Å². The molecule has 0 amide bonds. The highest BCUT2D eigenvalue weighted by Gasteiger charge is 2.16. The first-order chi connectivity index (χ1) is 8.35. The molecule has 0 saturated heterocycles. The number of fused-ring (bicyclic) bond motifs is 1. The lowest BCUT2D eigenvalue weighted by Gasteiger charge is -2.16. The van der Waals surface area contributed by atoms with Crippen molar-refractivity contribution in [2.24, 2.45) is 0 Å². The summed E-state index contributed by atoms with van der Waals surface area (Å²) in [6.07, 6.45) is 3.34. The largest absolute Gasteiger partial charge is 0.491 e. The van der Waals surface area contributed by atoms with E-state index in [1.165, 1.54) is 5.69 Å². The van der Waals surface area contributed by atoms with Crippen molar-refractivity contribution in [3.05, 3.63) is 18.2 Å². The quantitative estimate of drug-likeness (QED) is 0.836. The SMILES string of the molecule is CCCOc1cccc2c1NCCC(CC)N2. The molecule has 17 heavy (non-hydrogen) atoms. The first-order valence-corrected chi connectivity index (χ1v) is 6.61. The molecule has 3 nitrogen and oxygen atoms in total. The Bertz CT molecular complexity index is 365. The van der Waals surface area contributed by atoms with Crippen LogP contribution in [0.1, 0.15) is 33.1 Å². The molecule has 1 aromatic carbocycles. The summed E-state index contributed by atoms with van der Waals surface area (Å²) in [4.78, 5) is 0. The number of para-hydroxylation sites is 1. The molecule has 1 aliphatic rings. The summed E-state index contributed by atoms with van der Waals surface area (Å²) in [5.41, 5.74) is 2.29. The van der Waals surface area contributed by atoms with Gasteiger partial charge >= 0.3 is 0 Å². The Kier molecular flexibility index (Phi) is 4.13. The van der Waals surface area contributed by atoms with E-state index in [-0.39, 0.29) is 0 Å². The van der Waals surface area contributed by atoms with E-state index in [0.717, 1.165) is 43.9 Å². The van der Waals surface area contributed by atoms with Crippen LogP contribution in [0.5, 0.6) is 5.75 Å². The van der Waals surface area contributed by atoms with E-state index in [4.69, 9.17) is 4.74 Å². The first-order valence-electron chi connectivity index (χ1n) is 6.61. The monoisotopic (exact) mass is 234 g/mol. The minimum Gasteiger partial charge on any atom is -0.491 e. The molecule has 1 heterocycles. The minimum atomic E-state index is 0.560. The van der Waals surface area contributed by atoms with E-state index < -0.39 is 0 Å². The van der Waals surface area contributed by atoms with Crippen molar-refractivity contribution in [3.63, 3.8) is 0 Å². The van der Waals surface area contributed by atoms with Gasteiger partial charge in [-0.15, -0.1) is 0 Å². The van der Waals surface area contributed by atoms with Crippen molar-refractivity contribution in [2.75, 3.05) is 23.8 Å². The van der Waals surface area contributed by atoms with Crippen molar-refractivity contribution >= 4 is 11.4 Å². The second kappa shape index (κ2) is 5.80. The van der Waals surface area contributed by atoms with E-state index in [0.29, 0.717) is 6.04 Å². The van der Waals surface area contributed by atoms with Gasteiger partial charge in [0.05, 0.1) is 12.3 Å². The lowest BCUT2D eigenvalue weighted by molar-refractivity contribution is 0.319. The normalized spacial score (nSPS) is 18.6. The van der Waals surface area contributed by atoms with Crippen LogP contribution in [-0.2, 0) is 0 Å². The number of rotatable bonds is 4. The molecule has 2 N–H and O–H groups in total. The predicted octanol–water partition coefficient (Wildman–Crippen LogP) is 3.48. The third-order valence-corrected chi connectivity index (χ3v) is 3.13. The van der Waals surface area contributed by atoms with Crippen LogP contribution in [0, 0.1) is 0 Å². The van der Waals surface area contributed by atoms with Crippen LogP contribution in [0.15, 0.2) is 18.2 Å². The molecule has 0 aromatic heterocycles. The van der Waals surface area contributed by atoms with E-state index in [9.17, 15) is 0 Å². The summed E-state index contributed by atoms with van der Waals surface area (Å²) in [5.74, 6) is 0.966. The van der Waals surface area contributed by atoms with Crippen LogP contribution in [-0.4, -0.2) is 19.2 Å². The van der Waals surface area contributed by atoms with Gasteiger partial charge < -0.3 is 15.4 Å². The Labute approximate surface area is 104 Å². The second-order valence-electron chi connectivity index (χ2n) is 4.49. The highest BCUT2D eigenvalue weighted by molar-refractivity contribution is 5.76. The average molecular weight is 234 g/mol. The fourth-order valence-electron chi connectivity index (χ4n) is 2.14. The fourth-order valence-corrected chi connectivity index (χ4v) is 2.14. The Balaban J connectivity index is 2.21. The van der Waals surface area contributed by atoms with Gasteiger partial charge in [-0.05, 0) is 31.4 Å². The van der Waals surface area contributed by atoms with Crippen LogP contribution in [0.4, 0.5) is 11.4 Å². The number of benzene rings is 1. The molecule has 0 saturated carbocycles. The van der Waals surface area contributed by atoms with E-state index in [1.54, 1.807) is 0 Å². The molecule has 2 rings (SSSR count). The van der Waals surface area contributed by atoms with Crippen molar-refractivity contribution in [1.82, 2.24) is 0 Å². The Hall–Kier alpha value is -1.38. The summed E-state index contributed by atoms with van der Waals surface area (Å²) in [6.45, 7) is 6.13. The standard InChI is InChI=1S/C14H22N2O/c1-3-10-17-13-7-5-6-12-14(13)15-9-8-11(4-2)16-12/h5-7,11,15-16H,3-4,8-10H2,1-2H3.